The van der Waals surface area contributed by atoms with Crippen LogP contribution in [0.15, 0.2) is 60.7 Å². The number of methoxy groups -OCH3 is 2. The Kier molecular flexibility index (Phi) is 7.84. The topological polar surface area (TPSA) is 67.8 Å². The summed E-state index contributed by atoms with van der Waals surface area (Å²) >= 11 is 0. The fourth-order valence-electron chi connectivity index (χ4n) is 3.14. The predicted octanol–water partition coefficient (Wildman–Crippen LogP) is 5.85. The van der Waals surface area contributed by atoms with E-state index in [1.54, 1.807) is 21.0 Å². The van der Waals surface area contributed by atoms with Crippen LogP contribution >= 0.6 is 0 Å². The van der Waals surface area contributed by atoms with Gasteiger partial charge in [-0.05, 0) is 66.6 Å². The molecule has 3 rings (SSSR count). The zero-order valence-corrected chi connectivity index (χ0v) is 18.5. The van der Waals surface area contributed by atoms with Crippen LogP contribution in [0.1, 0.15) is 39.4 Å². The van der Waals surface area contributed by atoms with Crippen molar-refractivity contribution in [1.82, 2.24) is 0 Å². The lowest BCUT2D eigenvalue weighted by molar-refractivity contribution is -0.157. The first-order valence-corrected chi connectivity index (χ1v) is 10.1. The van der Waals surface area contributed by atoms with Gasteiger partial charge in [0.25, 0.3) is 0 Å². The van der Waals surface area contributed by atoms with Gasteiger partial charge < -0.3 is 19.9 Å². The SMILES string of the molecule is CC.COC(=O)C(C)(C)C(O)c1ccc(Nc2ccc3cc(OC)ccc3c2)cc1. The number of nitrogens with one attached hydrogen (secondary N) is 1. The molecule has 0 bridgehead atoms. The van der Waals surface area contributed by atoms with Crippen molar-refractivity contribution in [3.05, 3.63) is 66.2 Å². The third-order valence-electron chi connectivity index (χ3n) is 4.96. The maximum Gasteiger partial charge on any atom is 0.314 e. The van der Waals surface area contributed by atoms with Crippen molar-refractivity contribution in [3.8, 4) is 5.75 Å². The number of carbonyl (C=O) groups excluding carboxylic acids is 1. The van der Waals surface area contributed by atoms with Gasteiger partial charge in [-0.1, -0.05) is 38.1 Å². The molecule has 3 aromatic rings. The smallest absolute Gasteiger partial charge is 0.314 e. The molecule has 0 heterocycles. The van der Waals surface area contributed by atoms with Gasteiger partial charge in [0.1, 0.15) is 5.75 Å². The molecule has 1 unspecified atom stereocenters. The molecule has 0 fully saturated rings. The first-order chi connectivity index (χ1) is 14.3. The van der Waals surface area contributed by atoms with Gasteiger partial charge >= 0.3 is 5.97 Å². The van der Waals surface area contributed by atoms with E-state index >= 15 is 0 Å². The number of aliphatic hydroxyl groups is 1. The van der Waals surface area contributed by atoms with E-state index in [-0.39, 0.29) is 0 Å². The van der Waals surface area contributed by atoms with Crippen LogP contribution in [0.4, 0.5) is 11.4 Å². The van der Waals surface area contributed by atoms with Crippen LogP contribution in [0.2, 0.25) is 0 Å². The summed E-state index contributed by atoms with van der Waals surface area (Å²) in [6.45, 7) is 7.33. The molecule has 2 N–H and O–H groups in total. The number of aliphatic hydroxyl groups excluding tert-OH is 1. The Labute approximate surface area is 178 Å². The highest BCUT2D eigenvalue weighted by Gasteiger charge is 2.37. The Morgan fingerprint density at radius 2 is 1.47 bits per heavy atom. The summed E-state index contributed by atoms with van der Waals surface area (Å²) in [5.41, 5.74) is 1.48. The molecule has 0 aliphatic carbocycles. The van der Waals surface area contributed by atoms with E-state index in [4.69, 9.17) is 9.47 Å². The van der Waals surface area contributed by atoms with Crippen molar-refractivity contribution in [2.24, 2.45) is 5.41 Å². The number of benzene rings is 3. The molecular formula is C25H31NO4. The van der Waals surface area contributed by atoms with Crippen LogP contribution in [0.5, 0.6) is 5.75 Å². The van der Waals surface area contributed by atoms with Gasteiger partial charge in [-0.25, -0.2) is 0 Å². The monoisotopic (exact) mass is 409 g/mol. The third-order valence-corrected chi connectivity index (χ3v) is 4.96. The van der Waals surface area contributed by atoms with Crippen molar-refractivity contribution in [2.45, 2.75) is 33.8 Å². The number of hydrogen-bond donors (Lipinski definition) is 2. The lowest BCUT2D eigenvalue weighted by Crippen LogP contribution is -2.32. The first-order valence-electron chi connectivity index (χ1n) is 10.1. The van der Waals surface area contributed by atoms with Gasteiger partial charge in [0.05, 0.1) is 25.7 Å². The van der Waals surface area contributed by atoms with Crippen LogP contribution in [0.25, 0.3) is 10.8 Å². The second kappa shape index (κ2) is 10.1. The fraction of sp³-hybridized carbons (Fsp3) is 0.320. The Morgan fingerprint density at radius 1 is 0.900 bits per heavy atom. The zero-order valence-electron chi connectivity index (χ0n) is 18.5. The molecule has 0 aliphatic rings. The second-order valence-corrected chi connectivity index (χ2v) is 7.29. The molecule has 1 atom stereocenters. The van der Waals surface area contributed by atoms with E-state index in [2.05, 4.69) is 11.4 Å². The van der Waals surface area contributed by atoms with Crippen molar-refractivity contribution in [2.75, 3.05) is 19.5 Å². The molecule has 0 aliphatic heterocycles. The largest absolute Gasteiger partial charge is 0.497 e. The molecule has 0 aromatic heterocycles. The third kappa shape index (κ3) is 5.10. The van der Waals surface area contributed by atoms with Crippen LogP contribution in [-0.4, -0.2) is 25.3 Å². The minimum Gasteiger partial charge on any atom is -0.497 e. The molecule has 0 radical (unpaired) electrons. The molecule has 160 valence electrons. The summed E-state index contributed by atoms with van der Waals surface area (Å²) in [6, 6.07) is 19.4. The van der Waals surface area contributed by atoms with E-state index in [1.807, 2.05) is 68.4 Å². The Bertz CT molecular complexity index is 980. The van der Waals surface area contributed by atoms with Gasteiger partial charge in [-0.3, -0.25) is 4.79 Å². The average Bonchev–Trinajstić information content (AvgIpc) is 2.79. The van der Waals surface area contributed by atoms with Gasteiger partial charge in [-0.2, -0.15) is 0 Å². The van der Waals surface area contributed by atoms with Crippen LogP contribution in [0.3, 0.4) is 0 Å². The molecule has 0 saturated heterocycles. The molecule has 0 spiro atoms. The van der Waals surface area contributed by atoms with Crippen LogP contribution in [0, 0.1) is 5.41 Å². The summed E-state index contributed by atoms with van der Waals surface area (Å²) in [5, 5.41) is 16.1. The normalized spacial score (nSPS) is 11.8. The molecule has 0 saturated carbocycles. The molecule has 30 heavy (non-hydrogen) atoms. The molecule has 0 amide bonds. The highest BCUT2D eigenvalue weighted by molar-refractivity contribution is 5.87. The van der Waals surface area contributed by atoms with Crippen molar-refractivity contribution < 1.29 is 19.4 Å². The predicted molar refractivity (Wildman–Crippen MR) is 122 cm³/mol. The number of rotatable bonds is 6. The number of carbonyl (C=O) groups is 1. The summed E-state index contributed by atoms with van der Waals surface area (Å²) in [5.74, 6) is 0.382. The standard InChI is InChI=1S/C23H25NO4.C2H6/c1-23(2,22(26)28-4)21(25)15-5-9-18(10-6-15)24-19-11-7-17-14-20(27-3)12-8-16(17)13-19;1-2/h5-14,21,24-25H,1-4H3;1-2H3. The van der Waals surface area contributed by atoms with Gasteiger partial charge in [0.15, 0.2) is 0 Å². The number of esters is 1. The van der Waals surface area contributed by atoms with Crippen molar-refractivity contribution in [1.29, 1.82) is 0 Å². The maximum atomic E-state index is 11.9. The average molecular weight is 410 g/mol. The summed E-state index contributed by atoms with van der Waals surface area (Å²) in [6.07, 6.45) is -0.954. The van der Waals surface area contributed by atoms with Gasteiger partial charge in [0, 0.05) is 11.4 Å². The number of anilines is 2. The lowest BCUT2D eigenvalue weighted by atomic mass is 9.82. The summed E-state index contributed by atoms with van der Waals surface area (Å²) in [4.78, 5) is 11.9. The molecule has 5 nitrogen and oxygen atoms in total. The fourth-order valence-corrected chi connectivity index (χ4v) is 3.14. The minimum absolute atomic E-state index is 0.449. The molecule has 3 aromatic carbocycles. The van der Waals surface area contributed by atoms with Gasteiger partial charge in [0.2, 0.25) is 0 Å². The lowest BCUT2D eigenvalue weighted by Gasteiger charge is -2.27. The van der Waals surface area contributed by atoms with E-state index in [0.717, 1.165) is 27.9 Å². The zero-order chi connectivity index (χ0) is 22.3. The Morgan fingerprint density at radius 3 is 2.07 bits per heavy atom. The Hall–Kier alpha value is -3.05. The molecule has 5 heteroatoms. The second-order valence-electron chi connectivity index (χ2n) is 7.29. The van der Waals surface area contributed by atoms with Gasteiger partial charge in [-0.15, -0.1) is 0 Å². The summed E-state index contributed by atoms with van der Waals surface area (Å²) < 4.78 is 10.1. The van der Waals surface area contributed by atoms with E-state index in [1.165, 1.54) is 7.11 Å². The quantitative estimate of drug-likeness (QED) is 0.500. The summed E-state index contributed by atoms with van der Waals surface area (Å²) in [7, 11) is 2.98. The van der Waals surface area contributed by atoms with Crippen molar-refractivity contribution in [3.63, 3.8) is 0 Å². The minimum atomic E-state index is -1.02. The van der Waals surface area contributed by atoms with E-state index in [9.17, 15) is 9.90 Å². The van der Waals surface area contributed by atoms with Crippen molar-refractivity contribution >= 4 is 28.1 Å². The van der Waals surface area contributed by atoms with Crippen LogP contribution < -0.4 is 10.1 Å². The highest BCUT2D eigenvalue weighted by Crippen LogP contribution is 2.35. The number of hydrogen-bond acceptors (Lipinski definition) is 5. The Balaban J connectivity index is 0.00000155. The number of ether oxygens (including phenoxy) is 2. The first kappa shape index (κ1) is 23.2. The number of fused-ring (bicyclic) bond motifs is 1. The molecular weight excluding hydrogens is 378 g/mol. The van der Waals surface area contributed by atoms with E-state index < -0.39 is 17.5 Å². The van der Waals surface area contributed by atoms with Crippen LogP contribution in [-0.2, 0) is 9.53 Å². The highest BCUT2D eigenvalue weighted by atomic mass is 16.5. The van der Waals surface area contributed by atoms with E-state index in [0.29, 0.717) is 5.56 Å². The maximum absolute atomic E-state index is 11.9.